The maximum absolute atomic E-state index is 9.99. The Bertz CT molecular complexity index is 422. The van der Waals surface area contributed by atoms with Crippen LogP contribution in [0.25, 0.3) is 0 Å². The van der Waals surface area contributed by atoms with Crippen LogP contribution in [-0.2, 0) is 9.59 Å². The number of carboxylic acid groups (broad SMARTS) is 2. The molecule has 1 atom stereocenters. The Morgan fingerprint density at radius 1 is 1.00 bits per heavy atom. The van der Waals surface area contributed by atoms with E-state index < -0.39 is 0 Å². The highest BCUT2D eigenvalue weighted by Gasteiger charge is 2.38. The van der Waals surface area contributed by atoms with Crippen molar-refractivity contribution in [3.63, 3.8) is 0 Å². The summed E-state index contributed by atoms with van der Waals surface area (Å²) in [5.41, 5.74) is 0.316. The minimum atomic E-state index is -0.250. The molecule has 1 unspecified atom stereocenters. The Balaban J connectivity index is 0.00000108. The fourth-order valence-electron chi connectivity index (χ4n) is 4.57. The number of aliphatic hydroxyl groups excluding tert-OH is 1. The standard InChI is InChI=1S/C18H37N3O.2CH2O2/c1-17(2,21-11-6-5-7-12-21)13-20-10-8-9-18(15-20,16-22)14-19(3)4;2*2-1-3/h22H,5-16H2,1-4H3;2*1H,(H,2,3). The molecule has 3 N–H and O–H groups in total. The predicted octanol–water partition coefficient (Wildman–Crippen LogP) is 1.29. The monoisotopic (exact) mass is 403 g/mol. The van der Waals surface area contributed by atoms with Crippen LogP contribution in [0.2, 0.25) is 0 Å². The van der Waals surface area contributed by atoms with Crippen LogP contribution in [0.1, 0.15) is 46.0 Å². The van der Waals surface area contributed by atoms with Crippen LogP contribution in [0.3, 0.4) is 0 Å². The van der Waals surface area contributed by atoms with Gasteiger partial charge < -0.3 is 25.1 Å². The average Bonchev–Trinajstić information content (AvgIpc) is 2.63. The summed E-state index contributed by atoms with van der Waals surface area (Å²) >= 11 is 0. The van der Waals surface area contributed by atoms with Crippen molar-refractivity contribution in [3.8, 4) is 0 Å². The third-order valence-electron chi connectivity index (χ3n) is 5.55. The SMILES string of the molecule is CN(C)CC1(CO)CCCN(CC(C)(C)N2CCCCC2)C1.O=CO.O=CO. The first-order valence-corrected chi connectivity index (χ1v) is 10.1. The minimum Gasteiger partial charge on any atom is -0.483 e. The van der Waals surface area contributed by atoms with E-state index in [4.69, 9.17) is 19.8 Å². The van der Waals surface area contributed by atoms with Crippen molar-refractivity contribution in [2.24, 2.45) is 5.41 Å². The van der Waals surface area contributed by atoms with Gasteiger partial charge in [0.15, 0.2) is 0 Å². The molecule has 28 heavy (non-hydrogen) atoms. The zero-order chi connectivity index (χ0) is 21.6. The van der Waals surface area contributed by atoms with Gasteiger partial charge in [-0.05, 0) is 73.3 Å². The van der Waals surface area contributed by atoms with Crippen molar-refractivity contribution in [1.82, 2.24) is 14.7 Å². The molecule has 2 saturated heterocycles. The van der Waals surface area contributed by atoms with Gasteiger partial charge in [0.2, 0.25) is 0 Å². The van der Waals surface area contributed by atoms with Crippen LogP contribution in [0.5, 0.6) is 0 Å². The van der Waals surface area contributed by atoms with E-state index in [0.29, 0.717) is 6.61 Å². The quantitative estimate of drug-likeness (QED) is 0.570. The van der Waals surface area contributed by atoms with Gasteiger partial charge >= 0.3 is 0 Å². The summed E-state index contributed by atoms with van der Waals surface area (Å²) in [7, 11) is 4.24. The number of likely N-dealkylation sites (tertiary alicyclic amines) is 2. The maximum atomic E-state index is 9.99. The lowest BCUT2D eigenvalue weighted by Gasteiger charge is -2.48. The van der Waals surface area contributed by atoms with E-state index in [2.05, 4.69) is 42.6 Å². The number of carbonyl (C=O) groups is 2. The van der Waals surface area contributed by atoms with Crippen LogP contribution < -0.4 is 0 Å². The lowest BCUT2D eigenvalue weighted by Crippen LogP contribution is -2.57. The molecular weight excluding hydrogens is 362 g/mol. The molecule has 0 aromatic rings. The molecule has 2 heterocycles. The van der Waals surface area contributed by atoms with Gasteiger partial charge in [0, 0.05) is 30.6 Å². The highest BCUT2D eigenvalue weighted by Crippen LogP contribution is 2.32. The molecule has 166 valence electrons. The lowest BCUT2D eigenvalue weighted by molar-refractivity contribution is -0.123. The Morgan fingerprint density at radius 2 is 1.54 bits per heavy atom. The van der Waals surface area contributed by atoms with Crippen LogP contribution in [-0.4, -0.2) is 108 Å². The zero-order valence-electron chi connectivity index (χ0n) is 18.1. The fourth-order valence-corrected chi connectivity index (χ4v) is 4.57. The van der Waals surface area contributed by atoms with Crippen molar-refractivity contribution in [3.05, 3.63) is 0 Å². The number of piperidine rings is 2. The molecule has 8 heteroatoms. The largest absolute Gasteiger partial charge is 0.483 e. The molecule has 2 fully saturated rings. The molecule has 0 radical (unpaired) electrons. The second-order valence-corrected chi connectivity index (χ2v) is 8.78. The van der Waals surface area contributed by atoms with Crippen molar-refractivity contribution >= 4 is 12.9 Å². The van der Waals surface area contributed by atoms with Crippen molar-refractivity contribution in [2.45, 2.75) is 51.5 Å². The first-order valence-electron chi connectivity index (χ1n) is 10.1. The van der Waals surface area contributed by atoms with E-state index in [1.54, 1.807) is 0 Å². The van der Waals surface area contributed by atoms with E-state index in [1.807, 2.05) is 0 Å². The van der Waals surface area contributed by atoms with Gasteiger partial charge in [-0.25, -0.2) is 0 Å². The van der Waals surface area contributed by atoms with E-state index in [0.717, 1.165) is 26.1 Å². The third-order valence-corrected chi connectivity index (χ3v) is 5.55. The highest BCUT2D eigenvalue weighted by molar-refractivity contribution is 5.33. The van der Waals surface area contributed by atoms with Gasteiger partial charge in [-0.2, -0.15) is 0 Å². The number of rotatable bonds is 6. The summed E-state index contributed by atoms with van der Waals surface area (Å²) in [5.74, 6) is 0. The van der Waals surface area contributed by atoms with E-state index in [9.17, 15) is 5.11 Å². The van der Waals surface area contributed by atoms with Crippen LogP contribution in [0, 0.1) is 5.41 Å². The van der Waals surface area contributed by atoms with Gasteiger partial charge in [0.25, 0.3) is 12.9 Å². The van der Waals surface area contributed by atoms with Gasteiger partial charge in [-0.3, -0.25) is 14.5 Å². The highest BCUT2D eigenvalue weighted by atomic mass is 16.3. The molecule has 0 aromatic carbocycles. The Hall–Kier alpha value is -1.22. The van der Waals surface area contributed by atoms with E-state index in [1.165, 1.54) is 45.3 Å². The maximum Gasteiger partial charge on any atom is 0.290 e. The van der Waals surface area contributed by atoms with Crippen molar-refractivity contribution < 1.29 is 24.9 Å². The minimum absolute atomic E-state index is 0.0692. The van der Waals surface area contributed by atoms with E-state index in [-0.39, 0.29) is 23.9 Å². The third kappa shape index (κ3) is 9.82. The molecule has 0 bridgehead atoms. The Morgan fingerprint density at radius 3 is 2.00 bits per heavy atom. The second-order valence-electron chi connectivity index (χ2n) is 8.78. The van der Waals surface area contributed by atoms with Crippen LogP contribution in [0.4, 0.5) is 0 Å². The molecule has 2 aliphatic heterocycles. The smallest absolute Gasteiger partial charge is 0.290 e. The summed E-state index contributed by atoms with van der Waals surface area (Å²) in [4.78, 5) is 24.2. The fraction of sp³-hybridized carbons (Fsp3) is 0.900. The molecule has 0 amide bonds. The number of hydrogen-bond acceptors (Lipinski definition) is 6. The Labute approximate surface area is 170 Å². The molecule has 0 aromatic heterocycles. The average molecular weight is 404 g/mol. The molecule has 8 nitrogen and oxygen atoms in total. The number of nitrogens with zero attached hydrogens (tertiary/aromatic N) is 3. The van der Waals surface area contributed by atoms with Gasteiger partial charge in [-0.1, -0.05) is 6.42 Å². The summed E-state index contributed by atoms with van der Waals surface area (Å²) in [6, 6.07) is 0. The van der Waals surface area contributed by atoms with Gasteiger partial charge in [0.05, 0.1) is 6.61 Å². The van der Waals surface area contributed by atoms with Gasteiger partial charge in [-0.15, -0.1) is 0 Å². The molecule has 2 aliphatic rings. The number of aliphatic hydroxyl groups is 1. The molecule has 0 aliphatic carbocycles. The normalized spacial score (nSPS) is 23.8. The topological polar surface area (TPSA) is 105 Å². The molecule has 0 spiro atoms. The summed E-state index contributed by atoms with van der Waals surface area (Å²) in [6.45, 7) is 11.5. The van der Waals surface area contributed by atoms with Crippen LogP contribution >= 0.6 is 0 Å². The second kappa shape index (κ2) is 13.9. The first-order chi connectivity index (χ1) is 13.2. The predicted molar refractivity (Wildman–Crippen MR) is 111 cm³/mol. The molecule has 2 rings (SSSR count). The number of hydrogen-bond donors (Lipinski definition) is 3. The Kier molecular flexibility index (Phi) is 13.3. The van der Waals surface area contributed by atoms with Crippen LogP contribution in [0.15, 0.2) is 0 Å². The summed E-state index contributed by atoms with van der Waals surface area (Å²) in [6.07, 6.45) is 6.47. The zero-order valence-corrected chi connectivity index (χ0v) is 18.1. The van der Waals surface area contributed by atoms with Crippen molar-refractivity contribution in [2.75, 3.05) is 60.0 Å². The summed E-state index contributed by atoms with van der Waals surface area (Å²) < 4.78 is 0. The van der Waals surface area contributed by atoms with E-state index >= 15 is 0 Å². The first kappa shape index (κ1) is 26.8. The van der Waals surface area contributed by atoms with Crippen molar-refractivity contribution in [1.29, 1.82) is 0 Å². The molecular formula is C20H41N3O5. The summed E-state index contributed by atoms with van der Waals surface area (Å²) in [5, 5.41) is 23.8. The lowest BCUT2D eigenvalue weighted by atomic mass is 9.79. The van der Waals surface area contributed by atoms with Gasteiger partial charge in [0.1, 0.15) is 0 Å². The molecule has 0 saturated carbocycles.